The van der Waals surface area contributed by atoms with Crippen LogP contribution in [-0.2, 0) is 9.53 Å². The number of hydrogen-bond acceptors (Lipinski definition) is 4. The van der Waals surface area contributed by atoms with Crippen LogP contribution in [0.4, 0.5) is 0 Å². The largest absolute Gasteiger partial charge is 0.465 e. The van der Waals surface area contributed by atoms with Crippen molar-refractivity contribution in [1.29, 1.82) is 0 Å². The maximum Gasteiger partial charge on any atom is 0.323 e. The SMILES string of the molecule is CCOC(=O)C(C)N1CCCCC1C(C)N. The van der Waals surface area contributed by atoms with Gasteiger partial charge in [-0.25, -0.2) is 0 Å². The lowest BCUT2D eigenvalue weighted by Crippen LogP contribution is -2.55. The van der Waals surface area contributed by atoms with Crippen molar-refractivity contribution in [2.45, 2.75) is 58.2 Å². The molecule has 0 bridgehead atoms. The summed E-state index contributed by atoms with van der Waals surface area (Å²) < 4.78 is 5.06. The van der Waals surface area contributed by atoms with Gasteiger partial charge in [0.15, 0.2) is 0 Å². The summed E-state index contributed by atoms with van der Waals surface area (Å²) in [6.45, 7) is 7.16. The van der Waals surface area contributed by atoms with Crippen LogP contribution in [0.25, 0.3) is 0 Å². The third kappa shape index (κ3) is 3.19. The predicted octanol–water partition coefficient (Wildman–Crippen LogP) is 1.14. The predicted molar refractivity (Wildman–Crippen MR) is 64.1 cm³/mol. The second kappa shape index (κ2) is 6.21. The molecule has 0 amide bonds. The molecular formula is C12H24N2O2. The fourth-order valence-corrected chi connectivity index (χ4v) is 2.42. The maximum atomic E-state index is 11.7. The monoisotopic (exact) mass is 228 g/mol. The van der Waals surface area contributed by atoms with Gasteiger partial charge < -0.3 is 10.5 Å². The number of esters is 1. The molecule has 3 atom stereocenters. The Labute approximate surface area is 98.1 Å². The van der Waals surface area contributed by atoms with Gasteiger partial charge in [-0.1, -0.05) is 6.42 Å². The van der Waals surface area contributed by atoms with Crippen molar-refractivity contribution in [2.75, 3.05) is 13.2 Å². The first-order valence-electron chi connectivity index (χ1n) is 6.25. The third-order valence-electron chi connectivity index (χ3n) is 3.32. The number of carbonyl (C=O) groups excluding carboxylic acids is 1. The maximum absolute atomic E-state index is 11.7. The molecule has 94 valence electrons. The van der Waals surface area contributed by atoms with Gasteiger partial charge in [-0.15, -0.1) is 0 Å². The standard InChI is InChI=1S/C12H24N2O2/c1-4-16-12(15)10(3)14-8-6-5-7-11(14)9(2)13/h9-11H,4-8,13H2,1-3H3. The Morgan fingerprint density at radius 3 is 2.75 bits per heavy atom. The van der Waals surface area contributed by atoms with E-state index in [1.54, 1.807) is 0 Å². The molecular weight excluding hydrogens is 204 g/mol. The van der Waals surface area contributed by atoms with Crippen LogP contribution in [0.5, 0.6) is 0 Å². The van der Waals surface area contributed by atoms with Crippen LogP contribution < -0.4 is 5.73 Å². The van der Waals surface area contributed by atoms with Crippen LogP contribution in [-0.4, -0.2) is 42.1 Å². The van der Waals surface area contributed by atoms with Gasteiger partial charge in [0, 0.05) is 12.1 Å². The van der Waals surface area contributed by atoms with Crippen LogP contribution >= 0.6 is 0 Å². The fourth-order valence-electron chi connectivity index (χ4n) is 2.42. The highest BCUT2D eigenvalue weighted by Crippen LogP contribution is 2.21. The summed E-state index contributed by atoms with van der Waals surface area (Å²) in [5.41, 5.74) is 5.98. The Morgan fingerprint density at radius 2 is 2.19 bits per heavy atom. The summed E-state index contributed by atoms with van der Waals surface area (Å²) in [7, 11) is 0. The zero-order valence-corrected chi connectivity index (χ0v) is 10.6. The molecule has 0 aromatic rings. The summed E-state index contributed by atoms with van der Waals surface area (Å²) in [6, 6.07) is 0.251. The number of carbonyl (C=O) groups is 1. The molecule has 1 saturated heterocycles. The molecule has 0 aliphatic carbocycles. The lowest BCUT2D eigenvalue weighted by Gasteiger charge is -2.40. The second-order valence-corrected chi connectivity index (χ2v) is 4.59. The topological polar surface area (TPSA) is 55.6 Å². The molecule has 16 heavy (non-hydrogen) atoms. The summed E-state index contributed by atoms with van der Waals surface area (Å²) in [4.78, 5) is 13.9. The van der Waals surface area contributed by atoms with Gasteiger partial charge in [-0.2, -0.15) is 0 Å². The van der Waals surface area contributed by atoms with Crippen molar-refractivity contribution >= 4 is 5.97 Å². The average Bonchev–Trinajstić information content (AvgIpc) is 2.28. The van der Waals surface area contributed by atoms with E-state index in [0.29, 0.717) is 12.6 Å². The Bertz CT molecular complexity index is 231. The van der Waals surface area contributed by atoms with E-state index < -0.39 is 0 Å². The Kier molecular flexibility index (Phi) is 5.22. The molecule has 1 aliphatic rings. The highest BCUT2D eigenvalue weighted by molar-refractivity contribution is 5.75. The molecule has 4 nitrogen and oxygen atoms in total. The van der Waals surface area contributed by atoms with Crippen LogP contribution in [0.3, 0.4) is 0 Å². The summed E-state index contributed by atoms with van der Waals surface area (Å²) >= 11 is 0. The molecule has 2 N–H and O–H groups in total. The van der Waals surface area contributed by atoms with Crippen LogP contribution in [0, 0.1) is 0 Å². The van der Waals surface area contributed by atoms with Crippen molar-refractivity contribution in [1.82, 2.24) is 4.90 Å². The van der Waals surface area contributed by atoms with Gasteiger partial charge in [-0.3, -0.25) is 9.69 Å². The number of nitrogens with zero attached hydrogens (tertiary/aromatic N) is 1. The van der Waals surface area contributed by atoms with Crippen molar-refractivity contribution in [2.24, 2.45) is 5.73 Å². The van der Waals surface area contributed by atoms with Crippen molar-refractivity contribution in [3.8, 4) is 0 Å². The summed E-state index contributed by atoms with van der Waals surface area (Å²) in [5.74, 6) is -0.130. The number of likely N-dealkylation sites (tertiary alicyclic amines) is 1. The Balaban J connectivity index is 2.63. The minimum atomic E-state index is -0.170. The van der Waals surface area contributed by atoms with Gasteiger partial charge in [0.1, 0.15) is 6.04 Å². The fraction of sp³-hybridized carbons (Fsp3) is 0.917. The lowest BCUT2D eigenvalue weighted by atomic mass is 9.95. The smallest absolute Gasteiger partial charge is 0.323 e. The van der Waals surface area contributed by atoms with E-state index in [0.717, 1.165) is 19.4 Å². The second-order valence-electron chi connectivity index (χ2n) is 4.59. The number of rotatable bonds is 4. The van der Waals surface area contributed by atoms with Gasteiger partial charge in [-0.05, 0) is 40.2 Å². The molecule has 0 spiro atoms. The molecule has 1 fully saturated rings. The molecule has 0 radical (unpaired) electrons. The van der Waals surface area contributed by atoms with Crippen LogP contribution in [0.1, 0.15) is 40.0 Å². The van der Waals surface area contributed by atoms with E-state index in [2.05, 4.69) is 4.90 Å². The highest BCUT2D eigenvalue weighted by atomic mass is 16.5. The number of piperidine rings is 1. The van der Waals surface area contributed by atoms with E-state index in [1.807, 2.05) is 20.8 Å². The first-order valence-corrected chi connectivity index (χ1v) is 6.25. The molecule has 4 heteroatoms. The van der Waals surface area contributed by atoms with E-state index in [9.17, 15) is 4.79 Å². The molecule has 0 saturated carbocycles. The minimum absolute atomic E-state index is 0.108. The summed E-state index contributed by atoms with van der Waals surface area (Å²) in [6.07, 6.45) is 3.44. The summed E-state index contributed by atoms with van der Waals surface area (Å²) in [5, 5.41) is 0. The number of nitrogens with two attached hydrogens (primary N) is 1. The van der Waals surface area contributed by atoms with Gasteiger partial charge in [0.05, 0.1) is 6.61 Å². The van der Waals surface area contributed by atoms with E-state index in [1.165, 1.54) is 6.42 Å². The Hall–Kier alpha value is -0.610. The van der Waals surface area contributed by atoms with Crippen molar-refractivity contribution in [3.05, 3.63) is 0 Å². The zero-order chi connectivity index (χ0) is 12.1. The number of hydrogen-bond donors (Lipinski definition) is 1. The molecule has 1 aliphatic heterocycles. The first kappa shape index (κ1) is 13.5. The van der Waals surface area contributed by atoms with Gasteiger partial charge >= 0.3 is 5.97 Å². The van der Waals surface area contributed by atoms with Gasteiger partial charge in [0.2, 0.25) is 0 Å². The van der Waals surface area contributed by atoms with Crippen LogP contribution in [0.15, 0.2) is 0 Å². The molecule has 1 heterocycles. The lowest BCUT2D eigenvalue weighted by molar-refractivity contribution is -0.150. The van der Waals surface area contributed by atoms with Crippen molar-refractivity contribution in [3.63, 3.8) is 0 Å². The van der Waals surface area contributed by atoms with E-state index >= 15 is 0 Å². The molecule has 1 rings (SSSR count). The molecule has 0 aromatic heterocycles. The molecule has 3 unspecified atom stereocenters. The van der Waals surface area contributed by atoms with Crippen LogP contribution in [0.2, 0.25) is 0 Å². The highest BCUT2D eigenvalue weighted by Gasteiger charge is 2.32. The minimum Gasteiger partial charge on any atom is -0.465 e. The van der Waals surface area contributed by atoms with E-state index in [4.69, 9.17) is 10.5 Å². The molecule has 0 aromatic carbocycles. The Morgan fingerprint density at radius 1 is 1.50 bits per heavy atom. The first-order chi connectivity index (χ1) is 7.57. The zero-order valence-electron chi connectivity index (χ0n) is 10.6. The van der Waals surface area contributed by atoms with E-state index in [-0.39, 0.29) is 18.1 Å². The third-order valence-corrected chi connectivity index (χ3v) is 3.32. The normalized spacial score (nSPS) is 26.1. The van der Waals surface area contributed by atoms with Gasteiger partial charge in [0.25, 0.3) is 0 Å². The van der Waals surface area contributed by atoms with Crippen molar-refractivity contribution < 1.29 is 9.53 Å². The quantitative estimate of drug-likeness (QED) is 0.733. The average molecular weight is 228 g/mol. The number of ether oxygens (including phenoxy) is 1.